The lowest BCUT2D eigenvalue weighted by Crippen LogP contribution is -2.45. The number of benzene rings is 1. The summed E-state index contributed by atoms with van der Waals surface area (Å²) in [7, 11) is -1.19. The first-order valence-corrected chi connectivity index (χ1v) is 15.5. The Hall–Kier alpha value is -4.15. The second-order valence-corrected chi connectivity index (χ2v) is 12.2. The van der Waals surface area contributed by atoms with E-state index in [9.17, 15) is 9.00 Å². The van der Waals surface area contributed by atoms with E-state index < -0.39 is 11.0 Å². The fraction of sp³-hybridized carbons (Fsp3) is 0.312. The average Bonchev–Trinajstić information content (AvgIpc) is 3.43. The number of aromatic nitrogens is 3. The first-order valence-electron chi connectivity index (χ1n) is 14.2. The van der Waals surface area contributed by atoms with Crippen LogP contribution in [0.4, 0.5) is 11.5 Å². The summed E-state index contributed by atoms with van der Waals surface area (Å²) < 4.78 is 20.3. The Labute approximate surface area is 248 Å². The molecule has 42 heavy (non-hydrogen) atoms. The van der Waals surface area contributed by atoms with Crippen LogP contribution < -0.4 is 14.5 Å². The molecule has 0 radical (unpaired) electrons. The van der Waals surface area contributed by atoms with E-state index in [1.165, 1.54) is 0 Å². The molecule has 2 aliphatic rings. The van der Waals surface area contributed by atoms with Gasteiger partial charge in [-0.2, -0.15) is 0 Å². The number of ether oxygens (including phenoxy) is 1. The summed E-state index contributed by atoms with van der Waals surface area (Å²) in [6.07, 6.45) is 4.53. The van der Waals surface area contributed by atoms with Crippen LogP contribution in [0.3, 0.4) is 0 Å². The van der Waals surface area contributed by atoms with Gasteiger partial charge in [-0.15, -0.1) is 6.58 Å². The van der Waals surface area contributed by atoms with E-state index >= 15 is 0 Å². The van der Waals surface area contributed by atoms with Crippen LogP contribution in [0.2, 0.25) is 0 Å². The molecular weight excluding hydrogens is 548 g/mol. The van der Waals surface area contributed by atoms with Crippen LogP contribution in [-0.4, -0.2) is 62.7 Å². The number of carbonyl (C=O) groups is 1. The molecular formula is C32H34N6O3S. The van der Waals surface area contributed by atoms with Gasteiger partial charge in [0.05, 0.1) is 52.8 Å². The largest absolute Gasteiger partial charge is 0.372 e. The minimum Gasteiger partial charge on any atom is -0.372 e. The molecule has 3 unspecified atom stereocenters. The predicted molar refractivity (Wildman–Crippen MR) is 167 cm³/mol. The normalized spacial score (nSPS) is 19.0. The van der Waals surface area contributed by atoms with Gasteiger partial charge in [0.15, 0.2) is 0 Å². The Morgan fingerprint density at radius 1 is 1.10 bits per heavy atom. The van der Waals surface area contributed by atoms with Gasteiger partial charge in [0.2, 0.25) is 0 Å². The highest BCUT2D eigenvalue weighted by atomic mass is 32.2. The zero-order valence-corrected chi connectivity index (χ0v) is 24.6. The standard InChI is InChI=1S/C32H34N6O3S/c1-4-14-42(40)38-13-12-23-8-9-24(15-30(23)38)32(39)34-18-26-16-29-25(17-33-26)10-11-28(35-29)27-6-5-7-31(36-27)37-19-21(2)41-22(3)20-37/h4-11,15-17,21-22H,1,12-14,18-20H2,2-3H3,(H,34,39). The lowest BCUT2D eigenvalue weighted by atomic mass is 10.1. The molecule has 2 aliphatic heterocycles. The fourth-order valence-corrected chi connectivity index (χ4v) is 6.64. The Kier molecular flexibility index (Phi) is 7.99. The molecule has 1 aromatic carbocycles. The molecule has 3 atom stereocenters. The number of fused-ring (bicyclic) bond motifs is 2. The van der Waals surface area contributed by atoms with Gasteiger partial charge in [0.1, 0.15) is 16.8 Å². The second-order valence-electron chi connectivity index (χ2n) is 10.8. The van der Waals surface area contributed by atoms with Crippen molar-refractivity contribution in [1.29, 1.82) is 0 Å². The zero-order chi connectivity index (χ0) is 29.2. The van der Waals surface area contributed by atoms with E-state index in [4.69, 9.17) is 14.7 Å². The van der Waals surface area contributed by atoms with Crippen molar-refractivity contribution in [1.82, 2.24) is 20.3 Å². The summed E-state index contributed by atoms with van der Waals surface area (Å²) in [4.78, 5) is 29.6. The average molecular weight is 583 g/mol. The number of amides is 1. The Balaban J connectivity index is 1.17. The van der Waals surface area contributed by atoms with Crippen LogP contribution >= 0.6 is 0 Å². The molecule has 1 amide bonds. The third-order valence-electron chi connectivity index (χ3n) is 7.51. The maximum atomic E-state index is 13.0. The first-order chi connectivity index (χ1) is 20.4. The summed E-state index contributed by atoms with van der Waals surface area (Å²) in [5, 5.41) is 3.88. The van der Waals surface area contributed by atoms with Crippen LogP contribution in [0.15, 0.2) is 73.4 Å². The number of hydrogen-bond acceptors (Lipinski definition) is 7. The van der Waals surface area contributed by atoms with Crippen molar-refractivity contribution in [2.75, 3.05) is 34.6 Å². The summed E-state index contributed by atoms with van der Waals surface area (Å²) in [6.45, 7) is 10.4. The van der Waals surface area contributed by atoms with E-state index in [1.54, 1.807) is 12.3 Å². The van der Waals surface area contributed by atoms with Gasteiger partial charge in [0, 0.05) is 36.8 Å². The van der Waals surface area contributed by atoms with Crippen LogP contribution in [0.1, 0.15) is 35.5 Å². The molecule has 3 aromatic heterocycles. The number of nitrogens with one attached hydrogen (secondary N) is 1. The minimum absolute atomic E-state index is 0.148. The fourth-order valence-electron chi connectivity index (χ4n) is 5.57. The lowest BCUT2D eigenvalue weighted by molar-refractivity contribution is -0.00545. The number of morpholine rings is 1. The highest BCUT2D eigenvalue weighted by Gasteiger charge is 2.25. The molecule has 0 spiro atoms. The van der Waals surface area contributed by atoms with Gasteiger partial charge in [-0.3, -0.25) is 14.1 Å². The maximum absolute atomic E-state index is 13.0. The molecule has 216 valence electrons. The summed E-state index contributed by atoms with van der Waals surface area (Å²) >= 11 is 0. The monoisotopic (exact) mass is 582 g/mol. The molecule has 1 fully saturated rings. The van der Waals surface area contributed by atoms with Crippen molar-refractivity contribution in [2.45, 2.75) is 39.0 Å². The van der Waals surface area contributed by atoms with Gasteiger partial charge >= 0.3 is 0 Å². The summed E-state index contributed by atoms with van der Waals surface area (Å²) in [6, 6.07) is 17.4. The van der Waals surface area contributed by atoms with E-state index in [0.717, 1.165) is 58.9 Å². The summed E-state index contributed by atoms with van der Waals surface area (Å²) in [5.41, 5.74) is 5.52. The van der Waals surface area contributed by atoms with Crippen molar-refractivity contribution in [3.05, 3.63) is 90.3 Å². The number of nitrogens with zero attached hydrogens (tertiary/aromatic N) is 5. The van der Waals surface area contributed by atoms with Crippen molar-refractivity contribution in [3.63, 3.8) is 0 Å². The third kappa shape index (κ3) is 5.91. The molecule has 5 heterocycles. The maximum Gasteiger partial charge on any atom is 0.251 e. The van der Waals surface area contributed by atoms with E-state index in [-0.39, 0.29) is 24.7 Å². The van der Waals surface area contributed by atoms with Gasteiger partial charge in [-0.05, 0) is 68.3 Å². The van der Waals surface area contributed by atoms with E-state index in [1.807, 2.05) is 58.9 Å². The molecule has 9 nitrogen and oxygen atoms in total. The summed E-state index contributed by atoms with van der Waals surface area (Å²) in [5.74, 6) is 1.08. The molecule has 10 heteroatoms. The predicted octanol–water partition coefficient (Wildman–Crippen LogP) is 4.45. The lowest BCUT2D eigenvalue weighted by Gasteiger charge is -2.36. The zero-order valence-electron chi connectivity index (χ0n) is 23.8. The SMILES string of the molecule is C=CCS(=O)N1CCc2ccc(C(=O)NCc3cc4nc(-c5cccc(N6CC(C)OC(C)C6)n5)ccc4cn3)cc21. The minimum atomic E-state index is -1.19. The topological polar surface area (TPSA) is 101 Å². The van der Waals surface area contributed by atoms with Gasteiger partial charge in [0.25, 0.3) is 5.91 Å². The van der Waals surface area contributed by atoms with E-state index in [0.29, 0.717) is 23.6 Å². The molecule has 0 saturated carbocycles. The third-order valence-corrected chi connectivity index (χ3v) is 8.90. The quantitative estimate of drug-likeness (QED) is 0.307. The highest BCUT2D eigenvalue weighted by molar-refractivity contribution is 7.86. The molecule has 0 bridgehead atoms. The molecule has 6 rings (SSSR count). The van der Waals surface area contributed by atoms with Crippen molar-refractivity contribution in [3.8, 4) is 11.4 Å². The van der Waals surface area contributed by atoms with Crippen molar-refractivity contribution >= 4 is 39.3 Å². The van der Waals surface area contributed by atoms with Gasteiger partial charge in [-0.1, -0.05) is 18.2 Å². The van der Waals surface area contributed by atoms with Gasteiger partial charge < -0.3 is 15.0 Å². The molecule has 0 aliphatic carbocycles. The molecule has 4 aromatic rings. The van der Waals surface area contributed by atoms with Crippen LogP contribution in [0, 0.1) is 0 Å². The van der Waals surface area contributed by atoms with Crippen LogP contribution in [-0.2, 0) is 28.7 Å². The Morgan fingerprint density at radius 2 is 1.90 bits per heavy atom. The van der Waals surface area contributed by atoms with Crippen molar-refractivity contribution in [2.24, 2.45) is 0 Å². The van der Waals surface area contributed by atoms with Crippen LogP contribution in [0.5, 0.6) is 0 Å². The number of anilines is 2. The molecule has 1 N–H and O–H groups in total. The highest BCUT2D eigenvalue weighted by Crippen LogP contribution is 2.30. The number of carbonyl (C=O) groups excluding carboxylic acids is 1. The molecule has 1 saturated heterocycles. The van der Waals surface area contributed by atoms with Crippen LogP contribution in [0.25, 0.3) is 22.3 Å². The number of rotatable bonds is 8. The number of pyridine rings is 3. The Morgan fingerprint density at radius 3 is 2.71 bits per heavy atom. The Bertz CT molecular complexity index is 1670. The van der Waals surface area contributed by atoms with E-state index in [2.05, 4.69) is 35.6 Å². The van der Waals surface area contributed by atoms with Gasteiger partial charge in [-0.25, -0.2) is 14.2 Å². The first kappa shape index (κ1) is 28.0. The smallest absolute Gasteiger partial charge is 0.251 e. The number of hydrogen-bond donors (Lipinski definition) is 1. The second kappa shape index (κ2) is 12.0. The van der Waals surface area contributed by atoms with Crippen molar-refractivity contribution < 1.29 is 13.7 Å².